The van der Waals surface area contributed by atoms with Crippen LogP contribution in [0.4, 0.5) is 5.69 Å². The highest BCUT2D eigenvalue weighted by atomic mass is 16.3. The van der Waals surface area contributed by atoms with Crippen molar-refractivity contribution >= 4 is 5.69 Å². The molecule has 3 nitrogen and oxygen atoms in total. The Morgan fingerprint density at radius 2 is 1.67 bits per heavy atom. The number of phenols is 1. The van der Waals surface area contributed by atoms with Crippen LogP contribution < -0.4 is 4.90 Å². The van der Waals surface area contributed by atoms with Crippen molar-refractivity contribution in [3.05, 3.63) is 24.3 Å². The minimum Gasteiger partial charge on any atom is -0.508 e. The number of nitrogens with zero attached hydrogens (tertiary/aromatic N) is 1. The van der Waals surface area contributed by atoms with Gasteiger partial charge in [0.15, 0.2) is 0 Å². The van der Waals surface area contributed by atoms with Gasteiger partial charge in [-0.2, -0.15) is 0 Å². The van der Waals surface area contributed by atoms with Gasteiger partial charge in [0, 0.05) is 18.8 Å². The number of anilines is 1. The van der Waals surface area contributed by atoms with Gasteiger partial charge in [-0.3, -0.25) is 0 Å². The average Bonchev–Trinajstić information content (AvgIpc) is 2.20. The van der Waals surface area contributed by atoms with Crippen molar-refractivity contribution in [3.8, 4) is 5.75 Å². The number of aliphatic hydroxyl groups is 1. The molecule has 1 aliphatic heterocycles. The minimum absolute atomic E-state index is 0.294. The van der Waals surface area contributed by atoms with Crippen molar-refractivity contribution in [1.29, 1.82) is 0 Å². The van der Waals surface area contributed by atoms with E-state index in [0.717, 1.165) is 31.6 Å². The Labute approximate surface area is 90.0 Å². The molecule has 0 atom stereocenters. The van der Waals surface area contributed by atoms with Gasteiger partial charge < -0.3 is 15.1 Å². The molecule has 0 aliphatic carbocycles. The quantitative estimate of drug-likeness (QED) is 0.737. The van der Waals surface area contributed by atoms with Crippen molar-refractivity contribution < 1.29 is 10.2 Å². The summed E-state index contributed by atoms with van der Waals surface area (Å²) >= 11 is 0. The van der Waals surface area contributed by atoms with Crippen LogP contribution in [0.15, 0.2) is 24.3 Å². The van der Waals surface area contributed by atoms with E-state index >= 15 is 0 Å². The van der Waals surface area contributed by atoms with Crippen LogP contribution in [0.2, 0.25) is 0 Å². The molecule has 0 amide bonds. The van der Waals surface area contributed by atoms with Crippen molar-refractivity contribution in [1.82, 2.24) is 0 Å². The van der Waals surface area contributed by atoms with Crippen LogP contribution in [0.25, 0.3) is 0 Å². The third kappa shape index (κ3) is 2.42. The van der Waals surface area contributed by atoms with Gasteiger partial charge in [0.25, 0.3) is 0 Å². The first-order valence-electron chi connectivity index (χ1n) is 5.33. The van der Waals surface area contributed by atoms with Crippen LogP contribution in [0.3, 0.4) is 0 Å². The fourth-order valence-electron chi connectivity index (χ4n) is 1.91. The fraction of sp³-hybridized carbons (Fsp3) is 0.500. The number of rotatable bonds is 1. The van der Waals surface area contributed by atoms with Crippen LogP contribution in [0.1, 0.15) is 19.8 Å². The first kappa shape index (κ1) is 10.3. The molecule has 15 heavy (non-hydrogen) atoms. The molecule has 0 aromatic heterocycles. The number of hydrogen-bond acceptors (Lipinski definition) is 3. The Bertz CT molecular complexity index is 322. The average molecular weight is 207 g/mol. The Kier molecular flexibility index (Phi) is 2.57. The zero-order valence-corrected chi connectivity index (χ0v) is 8.98. The van der Waals surface area contributed by atoms with Crippen LogP contribution in [0, 0.1) is 0 Å². The van der Waals surface area contributed by atoms with Crippen molar-refractivity contribution in [3.63, 3.8) is 0 Å². The monoisotopic (exact) mass is 207 g/mol. The second-order valence-electron chi connectivity index (χ2n) is 4.50. The molecule has 1 aromatic carbocycles. The SMILES string of the molecule is CC1(O)CCN(c2ccc(O)cc2)CC1. The second-order valence-corrected chi connectivity index (χ2v) is 4.50. The highest BCUT2D eigenvalue weighted by molar-refractivity contribution is 5.49. The summed E-state index contributed by atoms with van der Waals surface area (Å²) in [4.78, 5) is 2.23. The molecular formula is C12H17NO2. The maximum absolute atomic E-state index is 9.82. The number of phenolic OH excluding ortho intramolecular Hbond substituents is 1. The molecular weight excluding hydrogens is 190 g/mol. The fourth-order valence-corrected chi connectivity index (χ4v) is 1.91. The Balaban J connectivity index is 2.04. The first-order chi connectivity index (χ1) is 7.07. The Hall–Kier alpha value is -1.22. The molecule has 0 unspecified atom stereocenters. The predicted octanol–water partition coefficient (Wildman–Crippen LogP) is 1.74. The lowest BCUT2D eigenvalue weighted by Crippen LogP contribution is -2.42. The molecule has 0 spiro atoms. The van der Waals surface area contributed by atoms with Gasteiger partial charge in [-0.15, -0.1) is 0 Å². The molecule has 1 fully saturated rings. The highest BCUT2D eigenvalue weighted by Crippen LogP contribution is 2.26. The third-order valence-electron chi connectivity index (χ3n) is 3.06. The molecule has 0 saturated carbocycles. The Morgan fingerprint density at radius 1 is 1.13 bits per heavy atom. The second kappa shape index (κ2) is 3.74. The van der Waals surface area contributed by atoms with E-state index in [-0.39, 0.29) is 0 Å². The molecule has 3 heteroatoms. The molecule has 1 saturated heterocycles. The van der Waals surface area contributed by atoms with Gasteiger partial charge in [-0.1, -0.05) is 0 Å². The summed E-state index contributed by atoms with van der Waals surface area (Å²) in [6.07, 6.45) is 1.60. The van der Waals surface area contributed by atoms with E-state index in [1.54, 1.807) is 12.1 Å². The van der Waals surface area contributed by atoms with Crippen LogP contribution in [0.5, 0.6) is 5.75 Å². The first-order valence-corrected chi connectivity index (χ1v) is 5.33. The smallest absolute Gasteiger partial charge is 0.115 e. The van der Waals surface area contributed by atoms with E-state index in [1.807, 2.05) is 19.1 Å². The van der Waals surface area contributed by atoms with E-state index in [1.165, 1.54) is 0 Å². The lowest BCUT2D eigenvalue weighted by Gasteiger charge is -2.37. The summed E-state index contributed by atoms with van der Waals surface area (Å²) < 4.78 is 0. The van der Waals surface area contributed by atoms with Crippen molar-refractivity contribution in [2.75, 3.05) is 18.0 Å². The maximum atomic E-state index is 9.82. The number of aromatic hydroxyl groups is 1. The van der Waals surface area contributed by atoms with Gasteiger partial charge in [-0.05, 0) is 44.0 Å². The summed E-state index contributed by atoms with van der Waals surface area (Å²) in [5.74, 6) is 0.294. The van der Waals surface area contributed by atoms with Crippen LogP contribution in [-0.2, 0) is 0 Å². The maximum Gasteiger partial charge on any atom is 0.115 e. The topological polar surface area (TPSA) is 43.7 Å². The van der Waals surface area contributed by atoms with Gasteiger partial charge >= 0.3 is 0 Å². The van der Waals surface area contributed by atoms with Gasteiger partial charge in [0.2, 0.25) is 0 Å². The lowest BCUT2D eigenvalue weighted by molar-refractivity contribution is 0.0351. The normalized spacial score (nSPS) is 20.3. The van der Waals surface area contributed by atoms with Gasteiger partial charge in [0.1, 0.15) is 5.75 Å². The minimum atomic E-state index is -0.507. The molecule has 2 N–H and O–H groups in total. The number of benzene rings is 1. The molecule has 0 bridgehead atoms. The van der Waals surface area contributed by atoms with Crippen molar-refractivity contribution in [2.24, 2.45) is 0 Å². The number of piperidine rings is 1. The summed E-state index contributed by atoms with van der Waals surface area (Å²) in [6.45, 7) is 3.64. The van der Waals surface area contributed by atoms with Gasteiger partial charge in [0.05, 0.1) is 5.60 Å². The largest absolute Gasteiger partial charge is 0.508 e. The lowest BCUT2D eigenvalue weighted by atomic mass is 9.93. The van der Waals surface area contributed by atoms with E-state index in [0.29, 0.717) is 5.75 Å². The molecule has 1 aliphatic rings. The molecule has 0 radical (unpaired) electrons. The summed E-state index contributed by atoms with van der Waals surface area (Å²) in [7, 11) is 0. The molecule has 1 aromatic rings. The number of hydrogen-bond donors (Lipinski definition) is 2. The summed E-state index contributed by atoms with van der Waals surface area (Å²) in [5.41, 5.74) is 0.608. The summed E-state index contributed by atoms with van der Waals surface area (Å²) in [5, 5.41) is 19.0. The highest BCUT2D eigenvalue weighted by Gasteiger charge is 2.27. The predicted molar refractivity (Wildman–Crippen MR) is 60.2 cm³/mol. The summed E-state index contributed by atoms with van der Waals surface area (Å²) in [6, 6.07) is 7.22. The molecule has 2 rings (SSSR count). The standard InChI is InChI=1S/C12H17NO2/c1-12(15)6-8-13(9-7-12)10-2-4-11(14)5-3-10/h2-5,14-15H,6-9H2,1H3. The van der Waals surface area contributed by atoms with Crippen molar-refractivity contribution in [2.45, 2.75) is 25.4 Å². The Morgan fingerprint density at radius 3 is 2.20 bits per heavy atom. The third-order valence-corrected chi connectivity index (χ3v) is 3.06. The van der Waals surface area contributed by atoms with E-state index in [2.05, 4.69) is 4.90 Å². The zero-order valence-electron chi connectivity index (χ0n) is 8.98. The van der Waals surface area contributed by atoms with Crippen LogP contribution >= 0.6 is 0 Å². The zero-order chi connectivity index (χ0) is 10.9. The van der Waals surface area contributed by atoms with E-state index in [4.69, 9.17) is 0 Å². The van der Waals surface area contributed by atoms with Crippen LogP contribution in [-0.4, -0.2) is 28.9 Å². The van der Waals surface area contributed by atoms with E-state index in [9.17, 15) is 10.2 Å². The molecule has 1 heterocycles. The van der Waals surface area contributed by atoms with E-state index < -0.39 is 5.60 Å². The molecule has 82 valence electrons. The van der Waals surface area contributed by atoms with Gasteiger partial charge in [-0.25, -0.2) is 0 Å².